The highest BCUT2D eigenvalue weighted by atomic mass is 32.2. The van der Waals surface area contributed by atoms with Crippen LogP contribution >= 0.6 is 0 Å². The maximum absolute atomic E-state index is 9.11. The Hall–Kier alpha value is -2.17. The van der Waals surface area contributed by atoms with E-state index in [2.05, 4.69) is 70.2 Å². The zero-order chi connectivity index (χ0) is 19.8. The lowest BCUT2D eigenvalue weighted by atomic mass is 9.99. The minimum absolute atomic E-state index is 0.0364. The highest BCUT2D eigenvalue weighted by molar-refractivity contribution is 7.98. The van der Waals surface area contributed by atoms with Gasteiger partial charge in [0.15, 0.2) is 16.7 Å². The van der Waals surface area contributed by atoms with E-state index in [1.54, 1.807) is 0 Å². The quantitative estimate of drug-likeness (QED) is 0.700. The van der Waals surface area contributed by atoms with Crippen LogP contribution in [0.4, 0.5) is 0 Å². The molecule has 1 aliphatic heterocycles. The zero-order valence-corrected chi connectivity index (χ0v) is 17.7. The monoisotopic (exact) mass is 395 g/mol. The molecule has 4 rings (SSSR count). The van der Waals surface area contributed by atoms with E-state index in [0.717, 1.165) is 29.3 Å². The summed E-state index contributed by atoms with van der Waals surface area (Å²) in [6.45, 7) is 8.84. The molecular weight excluding hydrogens is 368 g/mol. The minimum atomic E-state index is -0.100. The second-order valence-corrected chi connectivity index (χ2v) is 9.77. The van der Waals surface area contributed by atoms with E-state index in [0.29, 0.717) is 11.9 Å². The molecule has 3 nitrogen and oxygen atoms in total. The third-order valence-corrected chi connectivity index (χ3v) is 7.75. The largest absolute Gasteiger partial charge is 0.491 e. The van der Waals surface area contributed by atoms with Crippen molar-refractivity contribution in [3.8, 4) is 11.5 Å². The molecule has 0 radical (unpaired) electrons. The van der Waals surface area contributed by atoms with Crippen molar-refractivity contribution >= 4 is 10.9 Å². The first-order valence-electron chi connectivity index (χ1n) is 9.72. The summed E-state index contributed by atoms with van der Waals surface area (Å²) in [5.74, 6) is 2.91. The van der Waals surface area contributed by atoms with Crippen LogP contribution in [-0.2, 0) is 15.6 Å². The van der Waals surface area contributed by atoms with Crippen LogP contribution in [0.2, 0.25) is 0 Å². The van der Waals surface area contributed by atoms with Crippen LogP contribution in [0.5, 0.6) is 11.5 Å². The topological polar surface area (TPSA) is 38.7 Å². The Labute approximate surface area is 170 Å². The summed E-state index contributed by atoms with van der Waals surface area (Å²) < 4.78 is 12.1. The van der Waals surface area contributed by atoms with Crippen LogP contribution in [0.1, 0.15) is 31.4 Å². The molecule has 2 aromatic rings. The molecule has 0 spiro atoms. The molecule has 146 valence electrons. The number of ether oxygens (including phenoxy) is 2. The molecule has 0 amide bonds. The molecule has 28 heavy (non-hydrogen) atoms. The average molecular weight is 396 g/mol. The van der Waals surface area contributed by atoms with Gasteiger partial charge in [0.1, 0.15) is 12.4 Å². The summed E-state index contributed by atoms with van der Waals surface area (Å²) >= 11 is 0. The summed E-state index contributed by atoms with van der Waals surface area (Å²) in [5.41, 5.74) is 4.83. The second-order valence-electron chi connectivity index (χ2n) is 7.61. The van der Waals surface area contributed by atoms with Crippen molar-refractivity contribution in [2.24, 2.45) is 0 Å². The van der Waals surface area contributed by atoms with Gasteiger partial charge in [0.25, 0.3) is 0 Å². The predicted octanol–water partition coefficient (Wildman–Crippen LogP) is 5.45. The first-order chi connectivity index (χ1) is 13.5. The molecule has 0 aromatic heterocycles. The maximum Gasteiger partial charge on any atom is 0.203 e. The maximum atomic E-state index is 9.11. The first-order valence-corrected chi connectivity index (χ1v) is 11.0. The lowest BCUT2D eigenvalue weighted by Gasteiger charge is -2.28. The van der Waals surface area contributed by atoms with Gasteiger partial charge in [-0.15, -0.1) is 0 Å². The normalized spacial score (nSPS) is 18.9. The molecular formula is C24H27O3S+. The fourth-order valence-electron chi connectivity index (χ4n) is 4.00. The van der Waals surface area contributed by atoms with Crippen molar-refractivity contribution in [1.29, 1.82) is 0 Å². The average Bonchev–Trinajstić information content (AvgIpc) is 2.65. The van der Waals surface area contributed by atoms with Gasteiger partial charge in [-0.25, -0.2) is 0 Å². The molecule has 4 heteroatoms. The number of fused-ring (bicyclic) bond motifs is 2. The van der Waals surface area contributed by atoms with E-state index in [-0.39, 0.29) is 17.5 Å². The summed E-state index contributed by atoms with van der Waals surface area (Å²) in [6.07, 6.45) is 3.29. The van der Waals surface area contributed by atoms with Crippen LogP contribution in [-0.4, -0.2) is 23.6 Å². The number of rotatable bonds is 4. The van der Waals surface area contributed by atoms with Gasteiger partial charge in [0.05, 0.1) is 17.5 Å². The number of aliphatic hydroxyl groups excluding tert-OH is 1. The Balaban J connectivity index is 1.77. The highest BCUT2D eigenvalue weighted by Crippen LogP contribution is 2.48. The number of aliphatic hydroxyl groups is 1. The van der Waals surface area contributed by atoms with Gasteiger partial charge in [0.2, 0.25) is 9.79 Å². The van der Waals surface area contributed by atoms with Crippen molar-refractivity contribution < 1.29 is 14.6 Å². The Morgan fingerprint density at radius 3 is 2.14 bits per heavy atom. The van der Waals surface area contributed by atoms with Crippen LogP contribution < -0.4 is 4.74 Å². The van der Waals surface area contributed by atoms with Crippen LogP contribution in [0.15, 0.2) is 69.2 Å². The van der Waals surface area contributed by atoms with Crippen LogP contribution in [0.25, 0.3) is 0 Å². The Morgan fingerprint density at radius 1 is 1.00 bits per heavy atom. The summed E-state index contributed by atoms with van der Waals surface area (Å²) in [7, 11) is -0.100. The first kappa shape index (κ1) is 19.2. The molecule has 1 atom stereocenters. The second kappa shape index (κ2) is 7.69. The third-order valence-electron chi connectivity index (χ3n) is 5.22. The predicted molar refractivity (Wildman–Crippen MR) is 114 cm³/mol. The number of benzene rings is 2. The number of hydrogen-bond donors (Lipinski definition) is 1. The van der Waals surface area contributed by atoms with Crippen molar-refractivity contribution in [3.63, 3.8) is 0 Å². The molecule has 1 aliphatic carbocycles. The lowest BCUT2D eigenvalue weighted by molar-refractivity contribution is 0.146. The summed E-state index contributed by atoms with van der Waals surface area (Å²) in [5, 5.41) is 9.48. The molecule has 0 saturated carbocycles. The Kier molecular flexibility index (Phi) is 5.26. The summed E-state index contributed by atoms with van der Waals surface area (Å²) in [6, 6.07) is 13.1. The van der Waals surface area contributed by atoms with Crippen molar-refractivity contribution in [2.45, 2.75) is 49.2 Å². The Morgan fingerprint density at radius 2 is 1.61 bits per heavy atom. The van der Waals surface area contributed by atoms with Crippen LogP contribution in [0.3, 0.4) is 0 Å². The molecule has 1 unspecified atom stereocenters. The highest BCUT2D eigenvalue weighted by Gasteiger charge is 2.44. The van der Waals surface area contributed by atoms with Gasteiger partial charge >= 0.3 is 0 Å². The van der Waals surface area contributed by atoms with Crippen molar-refractivity contribution in [2.75, 3.05) is 13.2 Å². The van der Waals surface area contributed by atoms with E-state index >= 15 is 0 Å². The number of hydrogen-bond acceptors (Lipinski definition) is 3. The van der Waals surface area contributed by atoms with Gasteiger partial charge in [-0.3, -0.25) is 0 Å². The van der Waals surface area contributed by atoms with E-state index in [9.17, 15) is 0 Å². The zero-order valence-electron chi connectivity index (χ0n) is 16.9. The van der Waals surface area contributed by atoms with Gasteiger partial charge < -0.3 is 14.6 Å². The fraction of sp³-hybridized carbons (Fsp3) is 0.333. The Bertz CT molecular complexity index is 922. The SMILES string of the molecule is CC1=CC([S+]2c3ccc(C)cc3Oc3cc(C)ccc32)CC(C)=C1OCCO. The molecule has 2 aliphatic rings. The number of aryl methyl sites for hydroxylation is 2. The molecule has 0 saturated heterocycles. The van der Waals surface area contributed by atoms with Gasteiger partial charge in [0, 0.05) is 6.42 Å². The molecule has 1 N–H and O–H groups in total. The van der Waals surface area contributed by atoms with E-state index < -0.39 is 0 Å². The fourth-order valence-corrected chi connectivity index (χ4v) is 6.71. The van der Waals surface area contributed by atoms with Gasteiger partial charge in [-0.05, 0) is 80.3 Å². The van der Waals surface area contributed by atoms with E-state index in [4.69, 9.17) is 14.6 Å². The van der Waals surface area contributed by atoms with Crippen LogP contribution in [0, 0.1) is 13.8 Å². The number of allylic oxidation sites excluding steroid dienone is 2. The minimum Gasteiger partial charge on any atom is -0.491 e. The molecule has 0 fully saturated rings. The van der Waals surface area contributed by atoms with Gasteiger partial charge in [-0.1, -0.05) is 12.1 Å². The lowest BCUT2D eigenvalue weighted by Crippen LogP contribution is -2.27. The third kappa shape index (κ3) is 3.47. The molecule has 1 heterocycles. The van der Waals surface area contributed by atoms with E-state index in [1.807, 2.05) is 0 Å². The van der Waals surface area contributed by atoms with E-state index in [1.165, 1.54) is 26.5 Å². The summed E-state index contributed by atoms with van der Waals surface area (Å²) in [4.78, 5) is 2.56. The molecule has 2 aromatic carbocycles. The smallest absolute Gasteiger partial charge is 0.203 e. The van der Waals surface area contributed by atoms with Crippen molar-refractivity contribution in [1.82, 2.24) is 0 Å². The van der Waals surface area contributed by atoms with Crippen molar-refractivity contribution in [3.05, 3.63) is 70.5 Å². The molecule has 0 bridgehead atoms. The van der Waals surface area contributed by atoms with Gasteiger partial charge in [-0.2, -0.15) is 0 Å². The standard InChI is InChI=1S/C24H27O3S/c1-15-5-7-22-20(11-15)27-21-12-16(2)6-8-23(21)28(22)19-13-17(3)24(18(4)14-19)26-10-9-25/h5-8,11-13,19,25H,9-10,14H2,1-4H3/q+1.